The highest BCUT2D eigenvalue weighted by molar-refractivity contribution is 6.21. The fourth-order valence-electron chi connectivity index (χ4n) is 4.05. The molecular weight excluding hydrogens is 390 g/mol. The molecular formula is C26H39NO4. The van der Waals surface area contributed by atoms with Crippen LogP contribution in [0.5, 0.6) is 0 Å². The third-order valence-corrected chi connectivity index (χ3v) is 5.94. The molecule has 0 saturated heterocycles. The summed E-state index contributed by atoms with van der Waals surface area (Å²) in [6, 6.07) is 6.78. The number of fused-ring (bicyclic) bond motifs is 1. The molecule has 1 aliphatic rings. The smallest absolute Gasteiger partial charge is 0.305 e. The lowest BCUT2D eigenvalue weighted by atomic mass is 10.0. The van der Waals surface area contributed by atoms with Gasteiger partial charge in [-0.3, -0.25) is 19.3 Å². The third-order valence-electron chi connectivity index (χ3n) is 5.94. The second-order valence-corrected chi connectivity index (χ2v) is 8.52. The van der Waals surface area contributed by atoms with Crippen LogP contribution >= 0.6 is 0 Å². The average molecular weight is 430 g/mol. The second-order valence-electron chi connectivity index (χ2n) is 8.52. The molecule has 1 heterocycles. The van der Waals surface area contributed by atoms with Crippen LogP contribution < -0.4 is 0 Å². The van der Waals surface area contributed by atoms with E-state index in [1.807, 2.05) is 0 Å². The number of unbranched alkanes of at least 4 members (excludes halogenated alkanes) is 12. The Balaban J connectivity index is 1.42. The van der Waals surface area contributed by atoms with Crippen LogP contribution in [0.25, 0.3) is 0 Å². The molecule has 0 N–H and O–H groups in total. The Kier molecular flexibility index (Phi) is 12.0. The number of carbonyl (C=O) groups excluding carboxylic acids is 3. The van der Waals surface area contributed by atoms with Gasteiger partial charge in [0.15, 0.2) is 0 Å². The lowest BCUT2D eigenvalue weighted by Gasteiger charge is -2.13. The van der Waals surface area contributed by atoms with E-state index in [9.17, 15) is 14.4 Å². The van der Waals surface area contributed by atoms with Gasteiger partial charge in [-0.15, -0.1) is 0 Å². The van der Waals surface area contributed by atoms with Gasteiger partial charge in [-0.25, -0.2) is 0 Å². The molecule has 0 aromatic heterocycles. The van der Waals surface area contributed by atoms with E-state index in [0.29, 0.717) is 17.5 Å². The molecule has 1 aromatic rings. The van der Waals surface area contributed by atoms with Crippen LogP contribution in [-0.4, -0.2) is 35.8 Å². The number of rotatable bonds is 17. The molecule has 0 bridgehead atoms. The number of benzene rings is 1. The molecule has 1 aromatic carbocycles. The van der Waals surface area contributed by atoms with E-state index in [2.05, 4.69) is 6.92 Å². The predicted molar refractivity (Wildman–Crippen MR) is 123 cm³/mol. The molecule has 0 spiro atoms. The topological polar surface area (TPSA) is 63.7 Å². The highest BCUT2D eigenvalue weighted by Crippen LogP contribution is 2.22. The van der Waals surface area contributed by atoms with Gasteiger partial charge in [0, 0.05) is 6.42 Å². The molecule has 5 nitrogen and oxygen atoms in total. The first-order valence-electron chi connectivity index (χ1n) is 12.3. The van der Waals surface area contributed by atoms with E-state index < -0.39 is 0 Å². The largest absolute Gasteiger partial charge is 0.464 e. The number of nitrogens with zero attached hydrogens (tertiary/aromatic N) is 1. The lowest BCUT2D eigenvalue weighted by Crippen LogP contribution is -2.33. The predicted octanol–water partition coefficient (Wildman–Crippen LogP) is 6.31. The number of imide groups is 1. The van der Waals surface area contributed by atoms with E-state index >= 15 is 0 Å². The molecule has 0 aliphatic carbocycles. The van der Waals surface area contributed by atoms with E-state index in [0.717, 1.165) is 17.7 Å². The molecule has 0 saturated carbocycles. The normalized spacial score (nSPS) is 13.0. The Labute approximate surface area is 187 Å². The summed E-state index contributed by atoms with van der Waals surface area (Å²) in [5, 5.41) is 0. The van der Waals surface area contributed by atoms with Crippen LogP contribution in [-0.2, 0) is 9.53 Å². The standard InChI is InChI=1S/C26H39NO4/c1-2-3-4-5-6-7-8-9-10-11-12-13-14-19-24(28)31-21-20-27-25(29)22-17-15-16-18-23(22)26(27)30/h15-18H,2-14,19-21H2,1H3. The number of carbonyl (C=O) groups is 3. The highest BCUT2D eigenvalue weighted by Gasteiger charge is 2.34. The van der Waals surface area contributed by atoms with Crippen LogP contribution in [0.1, 0.15) is 118 Å². The van der Waals surface area contributed by atoms with Gasteiger partial charge < -0.3 is 4.74 Å². The Morgan fingerprint density at radius 1 is 0.742 bits per heavy atom. The van der Waals surface area contributed by atoms with Gasteiger partial charge in [0.05, 0.1) is 17.7 Å². The van der Waals surface area contributed by atoms with E-state index in [-0.39, 0.29) is 30.9 Å². The summed E-state index contributed by atoms with van der Waals surface area (Å²) < 4.78 is 5.22. The monoisotopic (exact) mass is 429 g/mol. The van der Waals surface area contributed by atoms with Gasteiger partial charge in [-0.1, -0.05) is 96.1 Å². The van der Waals surface area contributed by atoms with Crippen molar-refractivity contribution in [2.45, 2.75) is 96.8 Å². The van der Waals surface area contributed by atoms with Crippen molar-refractivity contribution >= 4 is 17.8 Å². The van der Waals surface area contributed by atoms with Crippen molar-refractivity contribution in [1.82, 2.24) is 4.90 Å². The second kappa shape index (κ2) is 14.8. The summed E-state index contributed by atoms with van der Waals surface area (Å²) in [5.74, 6) is -0.874. The zero-order valence-electron chi connectivity index (χ0n) is 19.2. The van der Waals surface area contributed by atoms with E-state index in [4.69, 9.17) is 4.74 Å². The van der Waals surface area contributed by atoms with Gasteiger partial charge >= 0.3 is 5.97 Å². The molecule has 0 fully saturated rings. The van der Waals surface area contributed by atoms with Crippen molar-refractivity contribution in [3.05, 3.63) is 35.4 Å². The molecule has 1 aliphatic heterocycles. The minimum Gasteiger partial charge on any atom is -0.464 e. The van der Waals surface area contributed by atoms with Crippen LogP contribution in [0.4, 0.5) is 0 Å². The Morgan fingerprint density at radius 3 is 1.68 bits per heavy atom. The lowest BCUT2D eigenvalue weighted by molar-refractivity contribution is -0.144. The number of esters is 1. The summed E-state index contributed by atoms with van der Waals surface area (Å²) in [6.07, 6.45) is 16.9. The van der Waals surface area contributed by atoms with Gasteiger partial charge in [0.25, 0.3) is 11.8 Å². The molecule has 0 radical (unpaired) electrons. The fourth-order valence-corrected chi connectivity index (χ4v) is 4.05. The number of amides is 2. The molecule has 2 amide bonds. The SMILES string of the molecule is CCCCCCCCCCCCCCCC(=O)OCCN1C(=O)c2ccccc2C1=O. The minimum atomic E-state index is -0.312. The molecule has 5 heteroatoms. The average Bonchev–Trinajstić information content (AvgIpc) is 3.02. The summed E-state index contributed by atoms with van der Waals surface area (Å²) in [6.45, 7) is 2.42. The van der Waals surface area contributed by atoms with Crippen molar-refractivity contribution in [2.75, 3.05) is 13.2 Å². The van der Waals surface area contributed by atoms with E-state index in [1.54, 1.807) is 24.3 Å². The minimum absolute atomic E-state index is 0.0583. The fraction of sp³-hybridized carbons (Fsp3) is 0.654. The first kappa shape index (κ1) is 25.1. The first-order chi connectivity index (χ1) is 15.1. The zero-order chi connectivity index (χ0) is 22.3. The van der Waals surface area contributed by atoms with Crippen LogP contribution in [0.3, 0.4) is 0 Å². The summed E-state index contributed by atoms with van der Waals surface area (Å²) in [7, 11) is 0. The zero-order valence-corrected chi connectivity index (χ0v) is 19.2. The summed E-state index contributed by atoms with van der Waals surface area (Å²) >= 11 is 0. The van der Waals surface area contributed by atoms with Gasteiger partial charge in [0.1, 0.15) is 6.61 Å². The summed E-state index contributed by atoms with van der Waals surface area (Å²) in [4.78, 5) is 37.6. The Morgan fingerprint density at radius 2 is 1.19 bits per heavy atom. The maximum atomic E-state index is 12.3. The van der Waals surface area contributed by atoms with Crippen molar-refractivity contribution in [1.29, 1.82) is 0 Å². The van der Waals surface area contributed by atoms with Gasteiger partial charge in [-0.2, -0.15) is 0 Å². The van der Waals surface area contributed by atoms with Crippen molar-refractivity contribution in [3.8, 4) is 0 Å². The van der Waals surface area contributed by atoms with Gasteiger partial charge in [0.2, 0.25) is 0 Å². The summed E-state index contributed by atoms with van der Waals surface area (Å²) in [5.41, 5.74) is 0.844. The molecule has 0 unspecified atom stereocenters. The highest BCUT2D eigenvalue weighted by atomic mass is 16.5. The van der Waals surface area contributed by atoms with Gasteiger partial charge in [-0.05, 0) is 18.6 Å². The Hall–Kier alpha value is -2.17. The van der Waals surface area contributed by atoms with Crippen molar-refractivity contribution in [3.63, 3.8) is 0 Å². The van der Waals surface area contributed by atoms with Crippen molar-refractivity contribution < 1.29 is 19.1 Å². The molecule has 172 valence electrons. The Bertz CT molecular complexity index is 665. The quantitative estimate of drug-likeness (QED) is 0.165. The molecule has 31 heavy (non-hydrogen) atoms. The number of hydrogen-bond donors (Lipinski definition) is 0. The number of ether oxygens (including phenoxy) is 1. The maximum Gasteiger partial charge on any atom is 0.305 e. The van der Waals surface area contributed by atoms with Crippen LogP contribution in [0, 0.1) is 0 Å². The first-order valence-corrected chi connectivity index (χ1v) is 12.3. The van der Waals surface area contributed by atoms with Crippen LogP contribution in [0.2, 0.25) is 0 Å². The molecule has 0 atom stereocenters. The molecule has 2 rings (SSSR count). The van der Waals surface area contributed by atoms with E-state index in [1.165, 1.54) is 70.6 Å². The third kappa shape index (κ3) is 8.84. The van der Waals surface area contributed by atoms with Crippen molar-refractivity contribution in [2.24, 2.45) is 0 Å². The maximum absolute atomic E-state index is 12.3. The van der Waals surface area contributed by atoms with Crippen LogP contribution in [0.15, 0.2) is 24.3 Å². The number of hydrogen-bond acceptors (Lipinski definition) is 4.